The maximum absolute atomic E-state index is 14.7. The molecule has 0 spiro atoms. The van der Waals surface area contributed by atoms with E-state index in [1.165, 1.54) is 37.3 Å². The highest BCUT2D eigenvalue weighted by Crippen LogP contribution is 2.47. The molecular weight excluding hydrogens is 993 g/mol. The van der Waals surface area contributed by atoms with Crippen molar-refractivity contribution in [2.45, 2.75) is 161 Å². The van der Waals surface area contributed by atoms with Crippen LogP contribution < -0.4 is 4.74 Å². The number of allylic oxidation sites excluding steroid dienone is 1. The number of hydrogen-bond acceptors (Lipinski definition) is 22. The molecule has 6 rings (SSSR count). The van der Waals surface area contributed by atoms with E-state index in [1.807, 2.05) is 39.0 Å². The van der Waals surface area contributed by atoms with Crippen molar-refractivity contribution in [2.24, 2.45) is 17.3 Å². The van der Waals surface area contributed by atoms with Gasteiger partial charge in [0.05, 0.1) is 56.9 Å². The van der Waals surface area contributed by atoms with E-state index in [0.717, 1.165) is 55.2 Å². The summed E-state index contributed by atoms with van der Waals surface area (Å²) >= 11 is 1.52. The molecule has 3 aliphatic rings. The molecule has 3 fully saturated rings. The standard InChI is InChI=1S/C51H62N2O20S/c1-11-13-32-41(58)25(2)14-12-19-51(9)39(73-51)22-36(31-16-18-37-33(21-31)52-26(3)74-37)69-40(57)23-38(50(7,8)46(32)59)71-49(61)65-24-30-15-17-35(34(20-30)53(62)63)70-48-45(68-29(6)56)43(67-28(5)55)42(66-27(4)54)44(72-48)47(60)64-10/h11,15-18,20-21,25,32,36,38-39,41-45,48,58H,1,12-14,19,22-24H2,2-10H3/t25-,32+,36-,38-,39?,41-,42-,43-,44-,45+,48+,51-/m0/s1. The zero-order valence-corrected chi connectivity index (χ0v) is 43.4. The Labute approximate surface area is 430 Å². The average Bonchev–Trinajstić information content (AvgIpc) is 3.80. The van der Waals surface area contributed by atoms with E-state index in [1.54, 1.807) is 0 Å². The van der Waals surface area contributed by atoms with Gasteiger partial charge >= 0.3 is 41.7 Å². The number of epoxide rings is 1. The molecule has 4 heterocycles. The number of aromatic nitrogens is 1. The largest absolute Gasteiger partial charge is 0.508 e. The molecule has 0 bridgehead atoms. The van der Waals surface area contributed by atoms with Gasteiger partial charge in [0.1, 0.15) is 24.6 Å². The molecule has 1 unspecified atom stereocenters. The van der Waals surface area contributed by atoms with Crippen LogP contribution in [0.5, 0.6) is 5.75 Å². The van der Waals surface area contributed by atoms with Gasteiger partial charge in [-0.1, -0.05) is 31.6 Å². The number of ketones is 1. The highest BCUT2D eigenvalue weighted by atomic mass is 32.1. The van der Waals surface area contributed by atoms with Crippen molar-refractivity contribution >= 4 is 69.0 Å². The summed E-state index contributed by atoms with van der Waals surface area (Å²) in [6.07, 6.45) is -11.0. The fraction of sp³-hybridized carbons (Fsp3) is 0.569. The van der Waals surface area contributed by atoms with E-state index in [2.05, 4.69) is 11.6 Å². The Morgan fingerprint density at radius 2 is 1.65 bits per heavy atom. The van der Waals surface area contributed by atoms with Gasteiger partial charge in [0.15, 0.2) is 24.1 Å². The summed E-state index contributed by atoms with van der Waals surface area (Å²) in [6.45, 7) is 14.8. The van der Waals surface area contributed by atoms with E-state index < -0.39 is 137 Å². The predicted octanol–water partition coefficient (Wildman–Crippen LogP) is 6.80. The molecule has 74 heavy (non-hydrogen) atoms. The van der Waals surface area contributed by atoms with Crippen LogP contribution in [0.1, 0.15) is 109 Å². The van der Waals surface area contributed by atoms with Crippen LogP contribution >= 0.6 is 11.3 Å². The minimum absolute atomic E-state index is 0.00236. The van der Waals surface area contributed by atoms with Crippen molar-refractivity contribution in [1.29, 1.82) is 0 Å². The molecule has 2 aromatic carbocycles. The monoisotopic (exact) mass is 1050 g/mol. The third-order valence-corrected chi connectivity index (χ3v) is 14.3. The lowest BCUT2D eigenvalue weighted by atomic mass is 9.71. The molecule has 3 aromatic rings. The molecule has 0 amide bonds. The van der Waals surface area contributed by atoms with Crippen LogP contribution in [0.25, 0.3) is 10.2 Å². The number of carbonyl (C=O) groups excluding carboxylic acids is 7. The summed E-state index contributed by atoms with van der Waals surface area (Å²) in [5.74, 6) is -7.24. The molecule has 0 radical (unpaired) electrons. The van der Waals surface area contributed by atoms with Crippen LogP contribution in [0.15, 0.2) is 49.1 Å². The number of Topliss-reactive ketones (excluding diaryl/α,β-unsaturated/α-hetero) is 1. The van der Waals surface area contributed by atoms with Crippen molar-refractivity contribution in [1.82, 2.24) is 4.98 Å². The van der Waals surface area contributed by atoms with Crippen molar-refractivity contribution in [3.8, 4) is 5.75 Å². The number of aliphatic hydroxyl groups excluding tert-OH is 1. The first kappa shape index (κ1) is 56.7. The molecule has 3 saturated heterocycles. The first-order valence-electron chi connectivity index (χ1n) is 24.0. The van der Waals surface area contributed by atoms with Gasteiger partial charge in [-0.3, -0.25) is 34.1 Å². The second-order valence-electron chi connectivity index (χ2n) is 19.4. The zero-order chi connectivity index (χ0) is 54.4. The molecule has 23 heteroatoms. The minimum atomic E-state index is -1.93. The molecule has 3 aliphatic heterocycles. The molecule has 0 saturated carbocycles. The number of ether oxygens (including phenoxy) is 10. The first-order valence-corrected chi connectivity index (χ1v) is 24.8. The number of carbonyl (C=O) groups is 7. The third kappa shape index (κ3) is 13.6. The lowest BCUT2D eigenvalue weighted by molar-refractivity contribution is -0.387. The topological polar surface area (TPSA) is 291 Å². The van der Waals surface area contributed by atoms with Gasteiger partial charge in [0, 0.05) is 39.2 Å². The first-order chi connectivity index (χ1) is 34.8. The molecular formula is C51H62N2O20S. The smallest absolute Gasteiger partial charge is 0.467 e. The van der Waals surface area contributed by atoms with Gasteiger partial charge in [-0.05, 0) is 82.2 Å². The highest BCUT2D eigenvalue weighted by Gasteiger charge is 2.57. The van der Waals surface area contributed by atoms with E-state index >= 15 is 0 Å². The number of fused-ring (bicyclic) bond motifs is 2. The summed E-state index contributed by atoms with van der Waals surface area (Å²) in [5, 5.41) is 25.1. The second-order valence-corrected chi connectivity index (χ2v) is 20.6. The van der Waals surface area contributed by atoms with Crippen molar-refractivity contribution in [3.63, 3.8) is 0 Å². The molecule has 402 valence electrons. The summed E-state index contributed by atoms with van der Waals surface area (Å²) in [4.78, 5) is 108. The number of methoxy groups -OCH3 is 1. The SMILES string of the molecule is C=CC[C@H]1C(=O)C(C)(C)[C@@H](OC(=O)OCc2ccc(O[C@@H]3O[C@H](C(=O)OC)[C@@H](OC(C)=O)[C@H](OC(C)=O)[C@H]3OC(C)=O)c([N+](=O)[O-])c2)CC(=O)O[C@H](c2ccc3sc(C)nc3c2)CC2O[C@@]2(C)CCC[C@H](C)[C@@H]1O. The number of cyclic esters (lactones) is 1. The van der Waals surface area contributed by atoms with Crippen LogP contribution in [0.4, 0.5) is 10.5 Å². The predicted molar refractivity (Wildman–Crippen MR) is 258 cm³/mol. The Hall–Kier alpha value is -6.56. The number of rotatable bonds is 13. The Kier molecular flexibility index (Phi) is 18.2. The van der Waals surface area contributed by atoms with Gasteiger partial charge in [-0.15, -0.1) is 17.9 Å². The van der Waals surface area contributed by atoms with E-state index in [4.69, 9.17) is 47.4 Å². The number of aliphatic hydroxyl groups is 1. The van der Waals surface area contributed by atoms with Gasteiger partial charge < -0.3 is 52.5 Å². The minimum Gasteiger partial charge on any atom is -0.467 e. The second kappa shape index (κ2) is 23.8. The number of benzene rings is 2. The normalized spacial score (nSPS) is 29.3. The summed E-state index contributed by atoms with van der Waals surface area (Å²) in [7, 11) is 0.984. The Bertz CT molecular complexity index is 2630. The van der Waals surface area contributed by atoms with Gasteiger partial charge in [-0.2, -0.15) is 0 Å². The van der Waals surface area contributed by atoms with E-state index in [-0.39, 0.29) is 24.0 Å². The van der Waals surface area contributed by atoms with Crippen LogP contribution in [-0.4, -0.2) is 119 Å². The van der Waals surface area contributed by atoms with E-state index in [0.29, 0.717) is 31.2 Å². The van der Waals surface area contributed by atoms with Crippen molar-refractivity contribution in [2.75, 3.05) is 7.11 Å². The lowest BCUT2D eigenvalue weighted by Gasteiger charge is -2.42. The number of hydrogen-bond donors (Lipinski definition) is 1. The number of esters is 5. The maximum atomic E-state index is 14.7. The maximum Gasteiger partial charge on any atom is 0.508 e. The molecule has 1 N–H and O–H groups in total. The van der Waals surface area contributed by atoms with Gasteiger partial charge in [-0.25, -0.2) is 14.6 Å². The average molecular weight is 1060 g/mol. The third-order valence-electron chi connectivity index (χ3n) is 13.4. The number of nitrogens with zero attached hydrogens (tertiary/aromatic N) is 2. The Balaban J connectivity index is 1.26. The number of aryl methyl sites for hydroxylation is 1. The van der Waals surface area contributed by atoms with Crippen LogP contribution in [0, 0.1) is 34.3 Å². The van der Waals surface area contributed by atoms with Crippen molar-refractivity contribution < 1.29 is 91.0 Å². The summed E-state index contributed by atoms with van der Waals surface area (Å²) in [5.41, 5.74) is -1.54. The van der Waals surface area contributed by atoms with Gasteiger partial charge in [0.25, 0.3) is 0 Å². The summed E-state index contributed by atoms with van der Waals surface area (Å²) < 4.78 is 56.9. The molecule has 12 atom stereocenters. The fourth-order valence-corrected chi connectivity index (χ4v) is 10.2. The molecule has 22 nitrogen and oxygen atoms in total. The Morgan fingerprint density at radius 1 is 0.973 bits per heavy atom. The van der Waals surface area contributed by atoms with Crippen molar-refractivity contribution in [3.05, 3.63) is 75.3 Å². The van der Waals surface area contributed by atoms with E-state index in [9.17, 15) is 48.8 Å². The summed E-state index contributed by atoms with van der Waals surface area (Å²) in [6, 6.07) is 8.90. The van der Waals surface area contributed by atoms with Gasteiger partial charge in [0.2, 0.25) is 12.4 Å². The van der Waals surface area contributed by atoms with Crippen LogP contribution in [0.3, 0.4) is 0 Å². The van der Waals surface area contributed by atoms with Crippen LogP contribution in [0.2, 0.25) is 0 Å². The molecule has 1 aromatic heterocycles. The fourth-order valence-electron chi connectivity index (χ4n) is 9.36. The number of nitro groups is 1. The highest BCUT2D eigenvalue weighted by molar-refractivity contribution is 7.18. The lowest BCUT2D eigenvalue weighted by Crippen LogP contribution is -2.64. The van der Waals surface area contributed by atoms with Crippen LogP contribution in [-0.2, 0) is 78.0 Å². The Morgan fingerprint density at radius 3 is 2.30 bits per heavy atom. The molecule has 0 aliphatic carbocycles. The quantitative estimate of drug-likeness (QED) is 0.0460. The number of thiazole rings is 1. The number of nitro benzene ring substituents is 1. The zero-order valence-electron chi connectivity index (χ0n) is 42.6.